The van der Waals surface area contributed by atoms with Crippen LogP contribution in [0.25, 0.3) is 11.4 Å². The van der Waals surface area contributed by atoms with Crippen molar-refractivity contribution >= 4 is 12.4 Å². The highest BCUT2D eigenvalue weighted by molar-refractivity contribution is 5.94. The first-order valence-corrected chi connectivity index (χ1v) is 9.75. The Labute approximate surface area is 179 Å². The first-order chi connectivity index (χ1) is 15.0. The molecule has 9 nitrogen and oxygen atoms in total. The molecule has 3 heterocycles. The maximum absolute atomic E-state index is 13.1. The van der Waals surface area contributed by atoms with E-state index in [2.05, 4.69) is 23.9 Å². The summed E-state index contributed by atoms with van der Waals surface area (Å²) in [4.78, 5) is 32.2. The van der Waals surface area contributed by atoms with Gasteiger partial charge in [0.1, 0.15) is 11.8 Å². The summed E-state index contributed by atoms with van der Waals surface area (Å²) >= 11 is 0. The molecule has 1 aromatic carbocycles. The van der Waals surface area contributed by atoms with Crippen LogP contribution < -0.4 is 0 Å². The average Bonchev–Trinajstić information content (AvgIpc) is 3.23. The largest absolute Gasteiger partial charge is 0.483 e. The van der Waals surface area contributed by atoms with Crippen LogP contribution in [0.3, 0.4) is 0 Å². The van der Waals surface area contributed by atoms with Crippen molar-refractivity contribution in [2.24, 2.45) is 5.92 Å². The molecule has 1 amide bonds. The first-order valence-electron chi connectivity index (χ1n) is 9.75. The number of amides is 1. The van der Waals surface area contributed by atoms with Crippen LogP contribution in [0.1, 0.15) is 41.8 Å². The van der Waals surface area contributed by atoms with Crippen LogP contribution in [0, 0.1) is 17.2 Å². The Morgan fingerprint density at radius 2 is 1.94 bits per heavy atom. The molecule has 2 aromatic heterocycles. The summed E-state index contributed by atoms with van der Waals surface area (Å²) in [5.74, 6) is 1.54. The van der Waals surface area contributed by atoms with Gasteiger partial charge in [0.25, 0.3) is 12.4 Å². The van der Waals surface area contributed by atoms with Gasteiger partial charge in [0.15, 0.2) is 11.6 Å². The summed E-state index contributed by atoms with van der Waals surface area (Å²) in [6.45, 7) is 5.04. The molecule has 1 aliphatic heterocycles. The highest BCUT2D eigenvalue weighted by atomic mass is 16.3. The van der Waals surface area contributed by atoms with E-state index < -0.39 is 0 Å². The van der Waals surface area contributed by atoms with E-state index in [9.17, 15) is 4.79 Å². The van der Waals surface area contributed by atoms with E-state index >= 15 is 0 Å². The van der Waals surface area contributed by atoms with Crippen LogP contribution in [0.5, 0.6) is 0 Å². The van der Waals surface area contributed by atoms with E-state index in [-0.39, 0.29) is 24.3 Å². The molecule has 1 N–H and O–H groups in total. The van der Waals surface area contributed by atoms with Gasteiger partial charge in [0, 0.05) is 18.3 Å². The number of rotatable bonds is 3. The molecule has 0 fully saturated rings. The molecule has 0 spiro atoms. The fraction of sp³-hybridized carbons (Fsp3) is 0.273. The van der Waals surface area contributed by atoms with Gasteiger partial charge >= 0.3 is 0 Å². The zero-order valence-corrected chi connectivity index (χ0v) is 17.2. The molecule has 0 bridgehead atoms. The lowest BCUT2D eigenvalue weighted by molar-refractivity contribution is -0.122. The number of pyridine rings is 1. The number of nitriles is 1. The third kappa shape index (κ3) is 4.59. The number of hydrogen-bond acceptors (Lipinski definition) is 6. The molecule has 1 aliphatic rings. The van der Waals surface area contributed by atoms with Crippen molar-refractivity contribution < 1.29 is 14.7 Å². The second-order valence-electron chi connectivity index (χ2n) is 7.22. The minimum absolute atomic E-state index is 0.105. The molecular weight excluding hydrogens is 396 g/mol. The van der Waals surface area contributed by atoms with Gasteiger partial charge < -0.3 is 10.0 Å². The Morgan fingerprint density at radius 1 is 1.23 bits per heavy atom. The molecule has 0 unspecified atom stereocenters. The van der Waals surface area contributed by atoms with Gasteiger partial charge in [-0.05, 0) is 18.1 Å². The van der Waals surface area contributed by atoms with Gasteiger partial charge in [-0.1, -0.05) is 44.2 Å². The first kappa shape index (κ1) is 21.6. The van der Waals surface area contributed by atoms with Crippen molar-refractivity contribution in [3.63, 3.8) is 0 Å². The van der Waals surface area contributed by atoms with Crippen LogP contribution >= 0.6 is 0 Å². The number of carbonyl (C=O) groups excluding carboxylic acids is 1. The predicted molar refractivity (Wildman–Crippen MR) is 112 cm³/mol. The Balaban J connectivity index is 0.000000858. The lowest BCUT2D eigenvalue weighted by Crippen LogP contribution is -2.44. The fourth-order valence-corrected chi connectivity index (χ4v) is 3.57. The highest BCUT2D eigenvalue weighted by Crippen LogP contribution is 2.33. The lowest BCUT2D eigenvalue weighted by Gasteiger charge is -2.37. The Kier molecular flexibility index (Phi) is 6.72. The smallest absolute Gasteiger partial charge is 0.290 e. The Hall–Kier alpha value is -4.06. The van der Waals surface area contributed by atoms with Crippen molar-refractivity contribution in [1.29, 1.82) is 5.26 Å². The molecule has 0 saturated heterocycles. The molecule has 158 valence electrons. The van der Waals surface area contributed by atoms with E-state index in [1.165, 1.54) is 6.20 Å². The molecule has 31 heavy (non-hydrogen) atoms. The van der Waals surface area contributed by atoms with E-state index in [1.807, 2.05) is 46.0 Å². The van der Waals surface area contributed by atoms with Gasteiger partial charge in [-0.25, -0.2) is 14.6 Å². The van der Waals surface area contributed by atoms with Gasteiger partial charge in [0.05, 0.1) is 18.2 Å². The van der Waals surface area contributed by atoms with Crippen LogP contribution in [0.4, 0.5) is 0 Å². The summed E-state index contributed by atoms with van der Waals surface area (Å²) in [6.07, 6.45) is 1.47. The molecular formula is C22H22N6O3. The monoisotopic (exact) mass is 418 g/mol. The summed E-state index contributed by atoms with van der Waals surface area (Å²) in [5, 5.41) is 20.5. The standard InChI is InChI=1S/C21H20N6O.CH2O2/c1-14(2)18-20-24-19(15-6-4-3-5-7-15)25-27(20)11-10-26(18)21(28)16-8-9-17(12-22)23-13-16;2-1-3/h3-9,13-14,18H,10-11H2,1-2H3;1H,(H,2,3)/t18-;/m0./s1. The Bertz CT molecular complexity index is 1090. The zero-order valence-electron chi connectivity index (χ0n) is 17.2. The molecule has 9 heteroatoms. The SMILES string of the molecule is CC(C)[C@H]1c2nc(-c3ccccc3)nn2CCN1C(=O)c1ccc(C#N)nc1.O=CO. The van der Waals surface area contributed by atoms with Crippen LogP contribution in [0.15, 0.2) is 48.7 Å². The number of benzene rings is 1. The summed E-state index contributed by atoms with van der Waals surface area (Å²) < 4.78 is 1.91. The van der Waals surface area contributed by atoms with Gasteiger partial charge in [-0.2, -0.15) is 10.4 Å². The van der Waals surface area contributed by atoms with E-state index in [1.54, 1.807) is 12.1 Å². The maximum Gasteiger partial charge on any atom is 0.290 e. The van der Waals surface area contributed by atoms with Gasteiger partial charge in [-0.15, -0.1) is 0 Å². The fourth-order valence-electron chi connectivity index (χ4n) is 3.57. The normalized spacial score (nSPS) is 14.8. The van der Waals surface area contributed by atoms with Crippen molar-refractivity contribution in [3.05, 3.63) is 65.7 Å². The molecule has 0 radical (unpaired) electrons. The van der Waals surface area contributed by atoms with Crippen LogP contribution in [-0.2, 0) is 11.3 Å². The number of carboxylic acid groups (broad SMARTS) is 1. The number of nitrogens with zero attached hydrogens (tertiary/aromatic N) is 6. The Morgan fingerprint density at radius 3 is 2.52 bits per heavy atom. The topological polar surface area (TPSA) is 125 Å². The van der Waals surface area contributed by atoms with E-state index in [4.69, 9.17) is 20.1 Å². The zero-order chi connectivity index (χ0) is 22.4. The second kappa shape index (κ2) is 9.63. The van der Waals surface area contributed by atoms with E-state index in [0.29, 0.717) is 30.2 Å². The molecule has 4 rings (SSSR count). The third-order valence-corrected chi connectivity index (χ3v) is 4.90. The predicted octanol–water partition coefficient (Wildman–Crippen LogP) is 2.77. The average molecular weight is 418 g/mol. The quantitative estimate of drug-likeness (QED) is 0.648. The van der Waals surface area contributed by atoms with Gasteiger partial charge in [0.2, 0.25) is 0 Å². The van der Waals surface area contributed by atoms with Crippen LogP contribution in [-0.4, -0.2) is 48.7 Å². The molecule has 3 aromatic rings. The number of fused-ring (bicyclic) bond motifs is 1. The molecule has 1 atom stereocenters. The van der Waals surface area contributed by atoms with E-state index in [0.717, 1.165) is 11.4 Å². The molecule has 0 saturated carbocycles. The van der Waals surface area contributed by atoms with Crippen molar-refractivity contribution in [3.8, 4) is 17.5 Å². The maximum atomic E-state index is 13.1. The molecule has 0 aliphatic carbocycles. The second-order valence-corrected chi connectivity index (χ2v) is 7.22. The van der Waals surface area contributed by atoms with Crippen molar-refractivity contribution in [1.82, 2.24) is 24.6 Å². The summed E-state index contributed by atoms with van der Waals surface area (Å²) in [5.41, 5.74) is 1.73. The number of hydrogen-bond donors (Lipinski definition) is 1. The minimum Gasteiger partial charge on any atom is -0.483 e. The van der Waals surface area contributed by atoms with Crippen molar-refractivity contribution in [2.75, 3.05) is 6.54 Å². The van der Waals surface area contributed by atoms with Crippen molar-refractivity contribution in [2.45, 2.75) is 26.4 Å². The third-order valence-electron chi connectivity index (χ3n) is 4.90. The summed E-state index contributed by atoms with van der Waals surface area (Å²) in [6, 6.07) is 14.9. The van der Waals surface area contributed by atoms with Crippen LogP contribution in [0.2, 0.25) is 0 Å². The number of carbonyl (C=O) groups is 2. The van der Waals surface area contributed by atoms with Gasteiger partial charge in [-0.3, -0.25) is 9.59 Å². The highest BCUT2D eigenvalue weighted by Gasteiger charge is 2.36. The lowest BCUT2D eigenvalue weighted by atomic mass is 9.99. The number of aromatic nitrogens is 4. The summed E-state index contributed by atoms with van der Waals surface area (Å²) in [7, 11) is 0. The minimum atomic E-state index is -0.250.